The van der Waals surface area contributed by atoms with Gasteiger partial charge in [0.25, 0.3) is 0 Å². The summed E-state index contributed by atoms with van der Waals surface area (Å²) < 4.78 is 5.91. The molecule has 1 aliphatic heterocycles. The van der Waals surface area contributed by atoms with E-state index in [0.29, 0.717) is 0 Å². The van der Waals surface area contributed by atoms with E-state index < -0.39 is 11.7 Å². The lowest BCUT2D eigenvalue weighted by molar-refractivity contribution is -0.0532. The number of hydrogen-bond donors (Lipinski definition) is 2. The molecule has 0 bridgehead atoms. The maximum atomic E-state index is 10.6. The zero-order valence-electron chi connectivity index (χ0n) is 11.7. The topological polar surface area (TPSA) is 41.5 Å². The van der Waals surface area contributed by atoms with Crippen LogP contribution in [0.5, 0.6) is 5.75 Å². The third-order valence-electron chi connectivity index (χ3n) is 3.75. The number of aliphatic hydroxyl groups is 1. The molecular weight excluding hydrogens is 250 g/mol. The van der Waals surface area contributed by atoms with Crippen LogP contribution in [0.1, 0.15) is 25.5 Å². The van der Waals surface area contributed by atoms with Crippen molar-refractivity contribution in [3.63, 3.8) is 0 Å². The Kier molecular flexibility index (Phi) is 3.14. The molecule has 1 aliphatic rings. The molecule has 20 heavy (non-hydrogen) atoms. The Balaban J connectivity index is 1.99. The first-order chi connectivity index (χ1) is 9.58. The van der Waals surface area contributed by atoms with Crippen LogP contribution >= 0.6 is 0 Å². The van der Waals surface area contributed by atoms with Crippen molar-refractivity contribution in [2.75, 3.05) is 5.32 Å². The number of nitrogens with one attached hydrogen (secondary N) is 1. The SMILES string of the molecule is CC1(C)Oc2ccccc2[C@@H](Nc2ccccc2)[C@@H]1O. The molecule has 0 amide bonds. The van der Waals surface area contributed by atoms with E-state index in [-0.39, 0.29) is 6.04 Å². The molecule has 2 aromatic carbocycles. The summed E-state index contributed by atoms with van der Waals surface area (Å²) in [5.74, 6) is 0.830. The summed E-state index contributed by atoms with van der Waals surface area (Å²) in [6.45, 7) is 3.82. The zero-order chi connectivity index (χ0) is 14.2. The van der Waals surface area contributed by atoms with E-state index >= 15 is 0 Å². The van der Waals surface area contributed by atoms with Gasteiger partial charge in [-0.25, -0.2) is 0 Å². The summed E-state index contributed by atoms with van der Waals surface area (Å²) in [6.07, 6.45) is -0.627. The van der Waals surface area contributed by atoms with Gasteiger partial charge in [-0.15, -0.1) is 0 Å². The quantitative estimate of drug-likeness (QED) is 0.878. The first-order valence-corrected chi connectivity index (χ1v) is 6.85. The molecule has 0 radical (unpaired) electrons. The third-order valence-corrected chi connectivity index (χ3v) is 3.75. The second-order valence-corrected chi connectivity index (χ2v) is 5.68. The van der Waals surface area contributed by atoms with Gasteiger partial charge in [-0.2, -0.15) is 0 Å². The highest BCUT2D eigenvalue weighted by atomic mass is 16.5. The molecule has 2 N–H and O–H groups in total. The van der Waals surface area contributed by atoms with Gasteiger partial charge >= 0.3 is 0 Å². The van der Waals surface area contributed by atoms with Crippen molar-refractivity contribution in [1.29, 1.82) is 0 Å². The second kappa shape index (κ2) is 4.84. The van der Waals surface area contributed by atoms with Crippen molar-refractivity contribution in [2.24, 2.45) is 0 Å². The van der Waals surface area contributed by atoms with Crippen molar-refractivity contribution in [3.05, 3.63) is 60.2 Å². The maximum Gasteiger partial charge on any atom is 0.132 e. The number of anilines is 1. The summed E-state index contributed by atoms with van der Waals surface area (Å²) in [6, 6.07) is 17.6. The van der Waals surface area contributed by atoms with Gasteiger partial charge in [0.2, 0.25) is 0 Å². The van der Waals surface area contributed by atoms with Crippen LogP contribution in [0.15, 0.2) is 54.6 Å². The summed E-state index contributed by atoms with van der Waals surface area (Å²) >= 11 is 0. The normalized spacial score (nSPS) is 23.6. The van der Waals surface area contributed by atoms with Gasteiger partial charge in [0, 0.05) is 11.3 Å². The number of hydrogen-bond acceptors (Lipinski definition) is 3. The van der Waals surface area contributed by atoms with Crippen molar-refractivity contribution in [1.82, 2.24) is 0 Å². The fourth-order valence-electron chi connectivity index (χ4n) is 2.62. The van der Waals surface area contributed by atoms with Crippen molar-refractivity contribution in [3.8, 4) is 5.75 Å². The predicted molar refractivity (Wildman–Crippen MR) is 80.0 cm³/mol. The molecule has 3 rings (SSSR count). The molecule has 104 valence electrons. The van der Waals surface area contributed by atoms with E-state index in [1.807, 2.05) is 68.4 Å². The molecule has 0 unspecified atom stereocenters. The van der Waals surface area contributed by atoms with E-state index in [4.69, 9.17) is 4.74 Å². The van der Waals surface area contributed by atoms with Gasteiger partial charge < -0.3 is 15.2 Å². The Morgan fingerprint density at radius 2 is 1.65 bits per heavy atom. The second-order valence-electron chi connectivity index (χ2n) is 5.68. The van der Waals surface area contributed by atoms with E-state index in [2.05, 4.69) is 5.32 Å². The smallest absolute Gasteiger partial charge is 0.132 e. The maximum absolute atomic E-state index is 10.6. The Labute approximate surface area is 119 Å². The highest BCUT2D eigenvalue weighted by molar-refractivity contribution is 5.50. The number of para-hydroxylation sites is 2. The van der Waals surface area contributed by atoms with Crippen LogP contribution in [0.3, 0.4) is 0 Å². The average Bonchev–Trinajstić information content (AvgIpc) is 2.44. The van der Waals surface area contributed by atoms with Crippen LogP contribution in [0.2, 0.25) is 0 Å². The van der Waals surface area contributed by atoms with Crippen LogP contribution < -0.4 is 10.1 Å². The molecule has 2 aromatic rings. The van der Waals surface area contributed by atoms with E-state index in [1.54, 1.807) is 0 Å². The number of benzene rings is 2. The molecule has 2 atom stereocenters. The van der Waals surface area contributed by atoms with Gasteiger partial charge in [0.15, 0.2) is 0 Å². The predicted octanol–water partition coefficient (Wildman–Crippen LogP) is 3.37. The van der Waals surface area contributed by atoms with E-state index in [9.17, 15) is 5.11 Å². The van der Waals surface area contributed by atoms with E-state index in [0.717, 1.165) is 17.0 Å². The van der Waals surface area contributed by atoms with Crippen LogP contribution in [0.4, 0.5) is 5.69 Å². The number of ether oxygens (including phenoxy) is 1. The highest BCUT2D eigenvalue weighted by Gasteiger charge is 2.42. The first kappa shape index (κ1) is 13.0. The van der Waals surface area contributed by atoms with Crippen LogP contribution in [-0.2, 0) is 0 Å². The Morgan fingerprint density at radius 3 is 2.40 bits per heavy atom. The fourth-order valence-corrected chi connectivity index (χ4v) is 2.62. The number of rotatable bonds is 2. The lowest BCUT2D eigenvalue weighted by Gasteiger charge is -2.42. The molecule has 3 heteroatoms. The van der Waals surface area contributed by atoms with Gasteiger partial charge in [-0.3, -0.25) is 0 Å². The van der Waals surface area contributed by atoms with Crippen LogP contribution in [0, 0.1) is 0 Å². The van der Waals surface area contributed by atoms with Crippen LogP contribution in [-0.4, -0.2) is 16.8 Å². The third kappa shape index (κ3) is 2.25. The zero-order valence-corrected chi connectivity index (χ0v) is 11.7. The Bertz CT molecular complexity index is 595. The van der Waals surface area contributed by atoms with Gasteiger partial charge in [-0.05, 0) is 32.0 Å². The standard InChI is InChI=1S/C17H19NO2/c1-17(2)16(19)15(18-12-8-4-3-5-9-12)13-10-6-7-11-14(13)20-17/h3-11,15-16,18-19H,1-2H3/t15-,16+/m1/s1. The highest BCUT2D eigenvalue weighted by Crippen LogP contribution is 2.41. The molecule has 0 fully saturated rings. The molecule has 0 aliphatic carbocycles. The largest absolute Gasteiger partial charge is 0.485 e. The lowest BCUT2D eigenvalue weighted by Crippen LogP contribution is -2.50. The summed E-state index contributed by atoms with van der Waals surface area (Å²) in [7, 11) is 0. The Hall–Kier alpha value is -2.00. The molecule has 0 saturated carbocycles. The van der Waals surface area contributed by atoms with Crippen LogP contribution in [0.25, 0.3) is 0 Å². The molecule has 1 heterocycles. The molecule has 0 spiro atoms. The summed E-state index contributed by atoms with van der Waals surface area (Å²) in [5.41, 5.74) is 1.35. The minimum Gasteiger partial charge on any atom is -0.485 e. The van der Waals surface area contributed by atoms with Crippen molar-refractivity contribution < 1.29 is 9.84 Å². The molecular formula is C17H19NO2. The summed E-state index contributed by atoms with van der Waals surface area (Å²) in [4.78, 5) is 0. The Morgan fingerprint density at radius 1 is 1.00 bits per heavy atom. The number of aliphatic hydroxyl groups excluding tert-OH is 1. The van der Waals surface area contributed by atoms with Gasteiger partial charge in [-0.1, -0.05) is 36.4 Å². The number of fused-ring (bicyclic) bond motifs is 1. The average molecular weight is 269 g/mol. The minimum absolute atomic E-state index is 0.183. The fraction of sp³-hybridized carbons (Fsp3) is 0.294. The van der Waals surface area contributed by atoms with Crippen molar-refractivity contribution in [2.45, 2.75) is 31.6 Å². The monoisotopic (exact) mass is 269 g/mol. The minimum atomic E-state index is -0.627. The molecule has 0 saturated heterocycles. The van der Waals surface area contributed by atoms with E-state index in [1.165, 1.54) is 0 Å². The van der Waals surface area contributed by atoms with Gasteiger partial charge in [0.05, 0.1) is 6.04 Å². The van der Waals surface area contributed by atoms with Crippen molar-refractivity contribution >= 4 is 5.69 Å². The van der Waals surface area contributed by atoms with Gasteiger partial charge in [0.1, 0.15) is 17.5 Å². The molecule has 3 nitrogen and oxygen atoms in total. The summed E-state index contributed by atoms with van der Waals surface area (Å²) in [5, 5.41) is 14.0. The molecule has 0 aromatic heterocycles. The first-order valence-electron chi connectivity index (χ1n) is 6.85. The lowest BCUT2D eigenvalue weighted by atomic mass is 9.86.